The molecule has 0 spiro atoms. The Labute approximate surface area is 132 Å². The van der Waals surface area contributed by atoms with Crippen LogP contribution in [0.2, 0.25) is 0 Å². The van der Waals surface area contributed by atoms with Crippen molar-refractivity contribution >= 4 is 27.1 Å². The number of furan rings is 1. The molecule has 2 aromatic heterocycles. The Morgan fingerprint density at radius 2 is 2.18 bits per heavy atom. The molecule has 0 saturated carbocycles. The molecule has 3 rings (SSSR count). The molecule has 0 atom stereocenters. The maximum Gasteiger partial charge on any atom is 0.265 e. The van der Waals surface area contributed by atoms with E-state index in [2.05, 4.69) is 4.98 Å². The molecule has 6 nitrogen and oxygen atoms in total. The van der Waals surface area contributed by atoms with Crippen LogP contribution in [-0.2, 0) is 15.6 Å². The van der Waals surface area contributed by atoms with E-state index in [4.69, 9.17) is 4.42 Å². The molecule has 0 aliphatic carbocycles. The Morgan fingerprint density at radius 3 is 2.73 bits per heavy atom. The SMILES string of the molecule is Cc1nc(C)c(C(=O)N2CC(S(=O)(=O)Cc3ccco3)C2)s1. The first-order valence-electron chi connectivity index (χ1n) is 6.84. The van der Waals surface area contributed by atoms with Crippen molar-refractivity contribution in [1.29, 1.82) is 0 Å². The predicted octanol–water partition coefficient (Wildman–Crippen LogP) is 1.79. The maximum atomic E-state index is 12.3. The lowest BCUT2D eigenvalue weighted by Gasteiger charge is -2.38. The van der Waals surface area contributed by atoms with Crippen molar-refractivity contribution in [2.75, 3.05) is 13.1 Å². The van der Waals surface area contributed by atoms with Crippen LogP contribution in [0, 0.1) is 13.8 Å². The molecule has 3 heterocycles. The fourth-order valence-electron chi connectivity index (χ4n) is 2.42. The standard InChI is InChI=1S/C14H16N2O4S2/c1-9-13(21-10(2)15-9)14(17)16-6-12(7-16)22(18,19)8-11-4-3-5-20-11/h3-5,12H,6-8H2,1-2H3. The van der Waals surface area contributed by atoms with Crippen molar-refractivity contribution in [1.82, 2.24) is 9.88 Å². The number of carbonyl (C=O) groups is 1. The number of aryl methyl sites for hydroxylation is 2. The molecular weight excluding hydrogens is 324 g/mol. The summed E-state index contributed by atoms with van der Waals surface area (Å²) in [6.45, 7) is 4.11. The van der Waals surface area contributed by atoms with Gasteiger partial charge in [0.15, 0.2) is 9.84 Å². The highest BCUT2D eigenvalue weighted by atomic mass is 32.2. The first-order valence-corrected chi connectivity index (χ1v) is 9.37. The van der Waals surface area contributed by atoms with Crippen LogP contribution in [0.25, 0.3) is 0 Å². The highest BCUT2D eigenvalue weighted by molar-refractivity contribution is 7.91. The van der Waals surface area contributed by atoms with Gasteiger partial charge in [-0.1, -0.05) is 0 Å². The lowest BCUT2D eigenvalue weighted by molar-refractivity contribution is 0.0663. The minimum absolute atomic E-state index is 0.120. The monoisotopic (exact) mass is 340 g/mol. The van der Waals surface area contributed by atoms with E-state index in [0.717, 1.165) is 5.01 Å². The van der Waals surface area contributed by atoms with Crippen LogP contribution in [-0.4, -0.2) is 42.5 Å². The summed E-state index contributed by atoms with van der Waals surface area (Å²) in [5.74, 6) is 0.178. The van der Waals surface area contributed by atoms with Gasteiger partial charge >= 0.3 is 0 Å². The van der Waals surface area contributed by atoms with Crippen LogP contribution in [0.5, 0.6) is 0 Å². The fourth-order valence-corrected chi connectivity index (χ4v) is 4.91. The van der Waals surface area contributed by atoms with Crippen LogP contribution < -0.4 is 0 Å². The summed E-state index contributed by atoms with van der Waals surface area (Å²) in [5, 5.41) is 0.319. The zero-order valence-electron chi connectivity index (χ0n) is 12.3. The average Bonchev–Trinajstić information content (AvgIpc) is 2.95. The van der Waals surface area contributed by atoms with Crippen molar-refractivity contribution in [2.45, 2.75) is 24.9 Å². The second kappa shape index (κ2) is 5.51. The van der Waals surface area contributed by atoms with Gasteiger partial charge in [0.1, 0.15) is 16.4 Å². The smallest absolute Gasteiger partial charge is 0.265 e. The molecule has 1 saturated heterocycles. The minimum atomic E-state index is -3.30. The molecule has 0 N–H and O–H groups in total. The van der Waals surface area contributed by atoms with Gasteiger partial charge in [-0.3, -0.25) is 4.79 Å². The number of sulfone groups is 1. The number of thiazole rings is 1. The van der Waals surface area contributed by atoms with E-state index >= 15 is 0 Å². The third-order valence-electron chi connectivity index (χ3n) is 3.66. The summed E-state index contributed by atoms with van der Waals surface area (Å²) in [6, 6.07) is 3.30. The highest BCUT2D eigenvalue weighted by Gasteiger charge is 2.41. The van der Waals surface area contributed by atoms with Crippen LogP contribution in [0.3, 0.4) is 0 Å². The van der Waals surface area contributed by atoms with Crippen LogP contribution in [0.1, 0.15) is 26.1 Å². The number of aromatic nitrogens is 1. The number of hydrogen-bond acceptors (Lipinski definition) is 6. The summed E-state index contributed by atoms with van der Waals surface area (Å²) < 4.78 is 29.6. The van der Waals surface area contributed by atoms with E-state index in [0.29, 0.717) is 16.3 Å². The largest absolute Gasteiger partial charge is 0.468 e. The molecule has 0 aromatic carbocycles. The van der Waals surface area contributed by atoms with Crippen molar-refractivity contribution < 1.29 is 17.6 Å². The van der Waals surface area contributed by atoms with Crippen LogP contribution in [0.4, 0.5) is 0 Å². The molecule has 0 unspecified atom stereocenters. The second-order valence-electron chi connectivity index (χ2n) is 5.37. The van der Waals surface area contributed by atoms with Gasteiger partial charge in [0.2, 0.25) is 0 Å². The zero-order chi connectivity index (χ0) is 15.9. The Morgan fingerprint density at radius 1 is 1.45 bits per heavy atom. The van der Waals surface area contributed by atoms with E-state index in [1.165, 1.54) is 17.6 Å². The minimum Gasteiger partial charge on any atom is -0.468 e. The third-order valence-corrected chi connectivity index (χ3v) is 6.73. The van der Waals surface area contributed by atoms with Crippen LogP contribution >= 0.6 is 11.3 Å². The van der Waals surface area contributed by atoms with Crippen molar-refractivity contribution in [3.63, 3.8) is 0 Å². The van der Waals surface area contributed by atoms with Gasteiger partial charge in [0.25, 0.3) is 5.91 Å². The number of hydrogen-bond donors (Lipinski definition) is 0. The van der Waals surface area contributed by atoms with Gasteiger partial charge in [0, 0.05) is 13.1 Å². The predicted molar refractivity (Wildman–Crippen MR) is 82.6 cm³/mol. The molecule has 0 bridgehead atoms. The molecule has 118 valence electrons. The molecule has 22 heavy (non-hydrogen) atoms. The van der Waals surface area contributed by atoms with E-state index < -0.39 is 15.1 Å². The first kappa shape index (κ1) is 15.2. The Balaban J connectivity index is 1.64. The number of likely N-dealkylation sites (tertiary alicyclic amines) is 1. The van der Waals surface area contributed by atoms with E-state index in [1.807, 2.05) is 6.92 Å². The van der Waals surface area contributed by atoms with Gasteiger partial charge in [-0.2, -0.15) is 0 Å². The Bertz CT molecular complexity index is 787. The maximum absolute atomic E-state index is 12.3. The van der Waals surface area contributed by atoms with E-state index in [1.54, 1.807) is 24.0 Å². The summed E-state index contributed by atoms with van der Waals surface area (Å²) in [5.41, 5.74) is 0.703. The molecule has 8 heteroatoms. The summed E-state index contributed by atoms with van der Waals surface area (Å²) in [6.07, 6.45) is 1.45. The lowest BCUT2D eigenvalue weighted by atomic mass is 10.2. The molecule has 0 radical (unpaired) electrons. The van der Waals surface area contributed by atoms with Crippen molar-refractivity contribution in [3.05, 3.63) is 39.7 Å². The highest BCUT2D eigenvalue weighted by Crippen LogP contribution is 2.25. The number of carbonyl (C=O) groups excluding carboxylic acids is 1. The fraction of sp³-hybridized carbons (Fsp3) is 0.429. The van der Waals surface area contributed by atoms with Crippen LogP contribution in [0.15, 0.2) is 22.8 Å². The average molecular weight is 340 g/mol. The number of amides is 1. The van der Waals surface area contributed by atoms with Crippen molar-refractivity contribution in [2.24, 2.45) is 0 Å². The summed E-state index contributed by atoms with van der Waals surface area (Å²) >= 11 is 1.35. The van der Waals surface area contributed by atoms with Crippen molar-refractivity contribution in [3.8, 4) is 0 Å². The quantitative estimate of drug-likeness (QED) is 0.848. The molecule has 2 aromatic rings. The first-order chi connectivity index (χ1) is 10.4. The molecule has 1 aliphatic rings. The summed E-state index contributed by atoms with van der Waals surface area (Å²) in [7, 11) is -3.30. The van der Waals surface area contributed by atoms with Gasteiger partial charge in [-0.25, -0.2) is 13.4 Å². The number of rotatable bonds is 4. The summed E-state index contributed by atoms with van der Waals surface area (Å²) in [4.78, 5) is 18.7. The zero-order valence-corrected chi connectivity index (χ0v) is 13.9. The molecular formula is C14H16N2O4S2. The Hall–Kier alpha value is -1.67. The number of nitrogens with zero attached hydrogens (tertiary/aromatic N) is 2. The van der Waals surface area contributed by atoms with Gasteiger partial charge in [-0.05, 0) is 26.0 Å². The molecule has 1 aliphatic heterocycles. The van der Waals surface area contributed by atoms with E-state index in [9.17, 15) is 13.2 Å². The Kier molecular flexibility index (Phi) is 3.82. The lowest BCUT2D eigenvalue weighted by Crippen LogP contribution is -2.57. The second-order valence-corrected chi connectivity index (χ2v) is 8.85. The molecule has 1 fully saturated rings. The van der Waals surface area contributed by atoms with E-state index in [-0.39, 0.29) is 24.7 Å². The van der Waals surface area contributed by atoms with Gasteiger partial charge in [-0.15, -0.1) is 11.3 Å². The third kappa shape index (κ3) is 2.80. The normalized spacial score (nSPS) is 15.8. The molecule has 1 amide bonds. The van der Waals surface area contributed by atoms with Gasteiger partial charge < -0.3 is 9.32 Å². The topological polar surface area (TPSA) is 80.5 Å². The van der Waals surface area contributed by atoms with Gasteiger partial charge in [0.05, 0.1) is 22.2 Å².